The molecule has 0 aromatic carbocycles. The summed E-state index contributed by atoms with van der Waals surface area (Å²) in [7, 11) is 1.47. The Labute approximate surface area is 76.9 Å². The van der Waals surface area contributed by atoms with Gasteiger partial charge < -0.3 is 4.42 Å². The third-order valence-electron chi connectivity index (χ3n) is 0.944. The molecule has 1 heterocycles. The first-order valence-corrected chi connectivity index (χ1v) is 5.91. The third-order valence-corrected chi connectivity index (χ3v) is 2.33. The molecular formula is C5H4BrClO3S. The molecule has 0 amide bonds. The van der Waals surface area contributed by atoms with Gasteiger partial charge >= 0.3 is 0 Å². The fraction of sp³-hybridized carbons (Fsp3) is 0.200. The molecule has 3 nitrogen and oxygen atoms in total. The monoisotopic (exact) mass is 258 g/mol. The molecule has 0 saturated heterocycles. The van der Waals surface area contributed by atoms with Crippen LogP contribution < -0.4 is 0 Å². The van der Waals surface area contributed by atoms with Crippen molar-refractivity contribution in [2.24, 2.45) is 0 Å². The van der Waals surface area contributed by atoms with Crippen LogP contribution in [0.5, 0.6) is 0 Å². The Balaban J connectivity index is 2.81. The molecule has 6 heteroatoms. The lowest BCUT2D eigenvalue weighted by Gasteiger charge is -1.89. The maximum Gasteiger partial charge on any atom is 0.239 e. The maximum absolute atomic E-state index is 10.5. The van der Waals surface area contributed by atoms with Crippen LogP contribution in [-0.4, -0.2) is 8.42 Å². The van der Waals surface area contributed by atoms with Crippen LogP contribution in [0.2, 0.25) is 0 Å². The number of halogens is 2. The maximum atomic E-state index is 10.5. The van der Waals surface area contributed by atoms with Gasteiger partial charge in [-0.2, -0.15) is 0 Å². The Morgan fingerprint density at radius 2 is 2.18 bits per heavy atom. The van der Waals surface area contributed by atoms with Crippen molar-refractivity contribution in [3.05, 3.63) is 22.6 Å². The summed E-state index contributed by atoms with van der Waals surface area (Å²) in [5.74, 6) is 0.0482. The van der Waals surface area contributed by atoms with E-state index in [-0.39, 0.29) is 5.75 Å². The topological polar surface area (TPSA) is 47.3 Å². The molecule has 62 valence electrons. The second kappa shape index (κ2) is 3.16. The lowest BCUT2D eigenvalue weighted by Crippen LogP contribution is -1.92. The molecule has 1 aromatic heterocycles. The molecular weight excluding hydrogens is 255 g/mol. The van der Waals surface area contributed by atoms with Gasteiger partial charge in [-0.1, -0.05) is 0 Å². The van der Waals surface area contributed by atoms with Crippen molar-refractivity contribution in [1.29, 1.82) is 0 Å². The van der Waals surface area contributed by atoms with E-state index in [4.69, 9.17) is 15.1 Å². The molecule has 0 spiro atoms. The summed E-state index contributed by atoms with van der Waals surface area (Å²) >= 11 is 3.04. The van der Waals surface area contributed by atoms with Crippen LogP contribution in [0.1, 0.15) is 5.76 Å². The van der Waals surface area contributed by atoms with E-state index in [0.717, 1.165) is 0 Å². The lowest BCUT2D eigenvalue weighted by molar-refractivity contribution is 0.501. The number of furan rings is 1. The molecule has 0 aliphatic heterocycles. The highest BCUT2D eigenvalue weighted by Crippen LogP contribution is 2.17. The second-order valence-electron chi connectivity index (χ2n) is 1.89. The van der Waals surface area contributed by atoms with Gasteiger partial charge in [0, 0.05) is 10.7 Å². The molecule has 0 aliphatic carbocycles. The first-order chi connectivity index (χ1) is 4.97. The summed E-state index contributed by atoms with van der Waals surface area (Å²) in [6, 6.07) is 3.15. The van der Waals surface area contributed by atoms with Gasteiger partial charge in [0.15, 0.2) is 4.67 Å². The predicted molar refractivity (Wildman–Crippen MR) is 44.9 cm³/mol. The first-order valence-electron chi connectivity index (χ1n) is 2.64. The lowest BCUT2D eigenvalue weighted by atomic mass is 10.5. The van der Waals surface area contributed by atoms with Crippen LogP contribution in [0.15, 0.2) is 21.2 Å². The Hall–Kier alpha value is -0.000000000000000111. The van der Waals surface area contributed by atoms with Gasteiger partial charge in [-0.3, -0.25) is 0 Å². The van der Waals surface area contributed by atoms with E-state index in [2.05, 4.69) is 15.9 Å². The number of rotatable bonds is 2. The highest BCUT2D eigenvalue weighted by atomic mass is 79.9. The Morgan fingerprint density at radius 3 is 2.55 bits per heavy atom. The molecule has 0 fully saturated rings. The van der Waals surface area contributed by atoms with Crippen molar-refractivity contribution in [2.45, 2.75) is 5.75 Å². The summed E-state index contributed by atoms with van der Waals surface area (Å²) in [5, 5.41) is 0. The van der Waals surface area contributed by atoms with E-state index in [1.54, 1.807) is 12.1 Å². The van der Waals surface area contributed by atoms with Crippen molar-refractivity contribution in [2.75, 3.05) is 0 Å². The normalized spacial score (nSPS) is 11.8. The van der Waals surface area contributed by atoms with Gasteiger partial charge in [-0.25, -0.2) is 8.42 Å². The van der Waals surface area contributed by atoms with Crippen LogP contribution in [0, 0.1) is 0 Å². The summed E-state index contributed by atoms with van der Waals surface area (Å²) in [6.07, 6.45) is 0. The largest absolute Gasteiger partial charge is 0.453 e. The molecule has 0 N–H and O–H groups in total. The standard InChI is InChI=1S/C5H4BrClO3S/c6-5-2-1-4(10-5)3-11(7,8)9/h1-2H,3H2. The van der Waals surface area contributed by atoms with Crippen LogP contribution in [0.25, 0.3) is 0 Å². The van der Waals surface area contributed by atoms with E-state index < -0.39 is 9.05 Å². The average Bonchev–Trinajstić information content (AvgIpc) is 2.10. The van der Waals surface area contributed by atoms with Gasteiger partial charge in [0.25, 0.3) is 0 Å². The molecule has 1 rings (SSSR count). The van der Waals surface area contributed by atoms with Crippen LogP contribution >= 0.6 is 26.6 Å². The second-order valence-corrected chi connectivity index (χ2v) is 5.45. The third kappa shape index (κ3) is 3.27. The minimum absolute atomic E-state index is 0.278. The van der Waals surface area contributed by atoms with Crippen LogP contribution in [0.3, 0.4) is 0 Å². The molecule has 0 aliphatic rings. The Bertz CT molecular complexity index is 342. The van der Waals surface area contributed by atoms with Gasteiger partial charge in [-0.15, -0.1) is 0 Å². The number of hydrogen-bond donors (Lipinski definition) is 0. The van der Waals surface area contributed by atoms with Gasteiger partial charge in [0.05, 0.1) is 0 Å². The molecule has 0 atom stereocenters. The minimum Gasteiger partial charge on any atom is -0.453 e. The Kier molecular flexibility index (Phi) is 2.61. The van der Waals surface area contributed by atoms with Crippen LogP contribution in [0.4, 0.5) is 0 Å². The smallest absolute Gasteiger partial charge is 0.239 e. The van der Waals surface area contributed by atoms with Gasteiger partial charge in [0.2, 0.25) is 9.05 Å². The van der Waals surface area contributed by atoms with E-state index in [1.165, 1.54) is 0 Å². The van der Waals surface area contributed by atoms with Crippen molar-refractivity contribution in [3.8, 4) is 0 Å². The Morgan fingerprint density at radius 1 is 1.55 bits per heavy atom. The zero-order valence-corrected chi connectivity index (χ0v) is 8.41. The molecule has 0 bridgehead atoms. The fourth-order valence-electron chi connectivity index (χ4n) is 0.599. The predicted octanol–water partition coefficient (Wildman–Crippen LogP) is 2.11. The number of hydrogen-bond acceptors (Lipinski definition) is 3. The highest BCUT2D eigenvalue weighted by molar-refractivity contribution is 9.10. The van der Waals surface area contributed by atoms with E-state index >= 15 is 0 Å². The quantitative estimate of drug-likeness (QED) is 0.764. The molecule has 0 unspecified atom stereocenters. The van der Waals surface area contributed by atoms with Gasteiger partial charge in [-0.05, 0) is 28.1 Å². The fourth-order valence-corrected chi connectivity index (χ4v) is 1.76. The van der Waals surface area contributed by atoms with E-state index in [9.17, 15) is 8.42 Å². The zero-order valence-electron chi connectivity index (χ0n) is 5.25. The zero-order chi connectivity index (χ0) is 8.48. The minimum atomic E-state index is -3.51. The summed E-state index contributed by atoms with van der Waals surface area (Å²) < 4.78 is 26.4. The van der Waals surface area contributed by atoms with Crippen molar-refractivity contribution < 1.29 is 12.8 Å². The first kappa shape index (κ1) is 9.09. The van der Waals surface area contributed by atoms with Crippen molar-refractivity contribution in [1.82, 2.24) is 0 Å². The van der Waals surface area contributed by atoms with E-state index in [0.29, 0.717) is 10.4 Å². The molecule has 11 heavy (non-hydrogen) atoms. The average molecular weight is 260 g/mol. The van der Waals surface area contributed by atoms with Gasteiger partial charge in [0.1, 0.15) is 11.5 Å². The molecule has 0 saturated carbocycles. The SMILES string of the molecule is O=S(=O)(Cl)Cc1ccc(Br)o1. The molecule has 0 radical (unpaired) electrons. The van der Waals surface area contributed by atoms with Crippen LogP contribution in [-0.2, 0) is 14.8 Å². The van der Waals surface area contributed by atoms with E-state index in [1.807, 2.05) is 0 Å². The molecule has 1 aromatic rings. The summed E-state index contributed by atoms with van der Waals surface area (Å²) in [6.45, 7) is 0. The highest BCUT2D eigenvalue weighted by Gasteiger charge is 2.09. The van der Waals surface area contributed by atoms with Crippen molar-refractivity contribution >= 4 is 35.7 Å². The summed E-state index contributed by atoms with van der Waals surface area (Å²) in [4.78, 5) is 0. The summed E-state index contributed by atoms with van der Waals surface area (Å²) in [5.41, 5.74) is 0. The van der Waals surface area contributed by atoms with Crippen molar-refractivity contribution in [3.63, 3.8) is 0 Å².